The fourth-order valence-corrected chi connectivity index (χ4v) is 16.3. The first-order valence-electron chi connectivity index (χ1n) is 26.9. The minimum Gasteiger partial charge on any atom is 1.00 e. The second-order valence-corrected chi connectivity index (χ2v) is 31.8. The largest absolute Gasteiger partial charge is 1.00 e. The molecule has 6 aromatic rings. The smallest absolute Gasteiger partial charge is 1.00 e. The Bertz CT molecular complexity index is 2330. The maximum absolute atomic E-state index is 12.2. The summed E-state index contributed by atoms with van der Waals surface area (Å²) in [6, 6.07) is 51.5. The van der Waals surface area contributed by atoms with Crippen LogP contribution < -0.4 is 45.7 Å². The van der Waals surface area contributed by atoms with Crippen LogP contribution in [0.2, 0.25) is 0 Å². The normalized spacial score (nSPS) is 18.7. The second-order valence-electron chi connectivity index (χ2n) is 21.6. The summed E-state index contributed by atoms with van der Waals surface area (Å²) in [5, 5.41) is 23.6. The molecule has 76 heavy (non-hydrogen) atoms. The third-order valence-corrected chi connectivity index (χ3v) is 22.3. The van der Waals surface area contributed by atoms with E-state index in [9.17, 15) is 9.90 Å². The quantitative estimate of drug-likeness (QED) is 0.0737. The van der Waals surface area contributed by atoms with Crippen LogP contribution in [0.1, 0.15) is 133 Å². The van der Waals surface area contributed by atoms with Crippen LogP contribution in [0.3, 0.4) is 0 Å². The van der Waals surface area contributed by atoms with Gasteiger partial charge in [-0.2, -0.15) is 0 Å². The van der Waals surface area contributed by atoms with Gasteiger partial charge in [0.25, 0.3) is 5.91 Å². The van der Waals surface area contributed by atoms with E-state index in [-0.39, 0.29) is 57.2 Å². The van der Waals surface area contributed by atoms with Crippen LogP contribution in [-0.4, -0.2) is 49.2 Å². The predicted molar refractivity (Wildman–Crippen MR) is 320 cm³/mol. The van der Waals surface area contributed by atoms with Gasteiger partial charge < -0.3 is 21.3 Å². The van der Waals surface area contributed by atoms with Gasteiger partial charge in [-0.1, -0.05) is 140 Å². The Morgan fingerprint density at radius 1 is 0.605 bits per heavy atom. The second kappa shape index (κ2) is 36.8. The Morgan fingerprint density at radius 2 is 0.961 bits per heavy atom. The summed E-state index contributed by atoms with van der Waals surface area (Å²) < 4.78 is 0. The molecule has 4 aliphatic rings. The topological polar surface area (TPSA) is 124 Å². The standard InChI is InChI=1S/C24H38N2P2.C14H13NO.C11H17O.C7H9N.C7H8O.2ClH.Na.Ru/c1-17(2)27(18(3)4)15-21-11-9-13-23(25-21)24-14-10-12-22(26-24)16-28(19(5)6)20(7)8;16-14(13-9-5-2-6-10-13)15-11-12-7-3-1-4-8-12;1-11(12)9-3-7-2-8(5-9)6-10(11)4-7;2*8-6-7-4-2-1-3-5-7;;;;/h9-14,17-20H,15-16H2,1-8H3;1-10H,11H2,(H,15,16);7-10H,2-6H2,1H3;1-5H,6,8H2;1-5,8H,6H2;2*1H;;/q;;-1;;;;;+1;+2. The van der Waals surface area contributed by atoms with Crippen LogP contribution in [0.15, 0.2) is 158 Å². The van der Waals surface area contributed by atoms with Crippen molar-refractivity contribution < 1.29 is 59.7 Å². The van der Waals surface area contributed by atoms with Gasteiger partial charge in [-0.15, -0.1) is 5.60 Å². The van der Waals surface area contributed by atoms with E-state index in [1.165, 1.54) is 49.1 Å². The molecule has 0 unspecified atom stereocenters. The van der Waals surface area contributed by atoms with Crippen molar-refractivity contribution >= 4 is 41.1 Å². The molecular weight excluding hydrogens is 1120 g/mol. The minimum atomic E-state index is -0.548. The zero-order valence-corrected chi connectivity index (χ0v) is 54.3. The molecule has 4 aromatic carbocycles. The average molecular weight is 1210 g/mol. The van der Waals surface area contributed by atoms with Crippen molar-refractivity contribution in [1.82, 2.24) is 15.3 Å². The molecule has 0 spiro atoms. The van der Waals surface area contributed by atoms with Gasteiger partial charge in [-0.05, 0) is 152 Å². The van der Waals surface area contributed by atoms with Crippen molar-refractivity contribution in [2.45, 2.75) is 155 Å². The molecule has 4 N–H and O–H groups in total. The Hall–Kier alpha value is -2.41. The average Bonchev–Trinajstić information content (AvgIpc) is 3.42. The van der Waals surface area contributed by atoms with Crippen molar-refractivity contribution in [2.24, 2.45) is 29.4 Å². The molecule has 10 rings (SSSR count). The molecule has 7 nitrogen and oxygen atoms in total. The third-order valence-electron chi connectivity index (χ3n) is 14.8. The zero-order valence-electron chi connectivity index (χ0n) is 47.0. The van der Waals surface area contributed by atoms with Crippen molar-refractivity contribution in [3.8, 4) is 11.4 Å². The first-order valence-corrected chi connectivity index (χ1v) is 35.1. The summed E-state index contributed by atoms with van der Waals surface area (Å²) >= 11 is -0.346. The maximum atomic E-state index is 12.2. The molecule has 2 aromatic heterocycles. The zero-order chi connectivity index (χ0) is 54.8. The molecular formula is C63H87Cl2N4NaO3P2Ru+2. The van der Waals surface area contributed by atoms with Gasteiger partial charge in [0.05, 0.1) is 64.3 Å². The number of aliphatic hydroxyl groups excluding tert-OH is 1. The van der Waals surface area contributed by atoms with E-state index in [0.717, 1.165) is 69.3 Å². The Labute approximate surface area is 498 Å². The van der Waals surface area contributed by atoms with Gasteiger partial charge in [0.2, 0.25) is 0 Å². The molecule has 4 fully saturated rings. The van der Waals surface area contributed by atoms with Crippen molar-refractivity contribution in [3.05, 3.63) is 191 Å². The maximum Gasteiger partial charge on any atom is 1.00 e. The van der Waals surface area contributed by atoms with Gasteiger partial charge in [-0.25, -0.2) is 9.97 Å². The fraction of sp³-hybridized carbons (Fsp3) is 0.444. The van der Waals surface area contributed by atoms with Crippen LogP contribution in [0.5, 0.6) is 0 Å². The summed E-state index contributed by atoms with van der Waals surface area (Å²) in [7, 11) is 8.81. The molecule has 0 atom stereocenters. The van der Waals surface area contributed by atoms with E-state index < -0.39 is 21.4 Å². The molecule has 0 aliphatic heterocycles. The van der Waals surface area contributed by atoms with E-state index in [1.807, 2.05) is 116 Å². The summed E-state index contributed by atoms with van der Waals surface area (Å²) in [6.07, 6.45) is 8.76. The van der Waals surface area contributed by atoms with E-state index in [1.54, 1.807) is 12.1 Å². The number of nitrogens with two attached hydrogens (primary N) is 1. The van der Waals surface area contributed by atoms with Crippen LogP contribution >= 0.6 is 35.2 Å². The molecule has 2 heterocycles. The molecule has 13 heteroatoms. The number of nitrogens with one attached hydrogen (secondary N) is 1. The number of halogens is 2. The van der Waals surface area contributed by atoms with Gasteiger partial charge in [0, 0.05) is 34.5 Å². The summed E-state index contributed by atoms with van der Waals surface area (Å²) in [5.74, 6) is 2.91. The van der Waals surface area contributed by atoms with Crippen molar-refractivity contribution in [2.75, 3.05) is 0 Å². The Morgan fingerprint density at radius 3 is 1.29 bits per heavy atom. The van der Waals surface area contributed by atoms with Gasteiger partial charge in [0.1, 0.15) is 0 Å². The van der Waals surface area contributed by atoms with E-state index in [2.05, 4.69) is 97.1 Å². The number of amides is 1. The number of benzene rings is 4. The van der Waals surface area contributed by atoms with E-state index >= 15 is 0 Å². The number of rotatable bonds is 14. The molecule has 408 valence electrons. The summed E-state index contributed by atoms with van der Waals surface area (Å²) in [6.45, 7) is 22.3. The van der Waals surface area contributed by atoms with Crippen LogP contribution in [-0.2, 0) is 47.2 Å². The van der Waals surface area contributed by atoms with E-state index in [0.29, 0.717) is 30.5 Å². The van der Waals surface area contributed by atoms with Crippen LogP contribution in [0, 0.1) is 23.7 Å². The van der Waals surface area contributed by atoms with Gasteiger partial charge in [-0.3, -0.25) is 4.79 Å². The number of aliphatic hydroxyl groups is 1. The van der Waals surface area contributed by atoms with Crippen LogP contribution in [0.4, 0.5) is 0 Å². The fourth-order valence-electron chi connectivity index (χ4n) is 10.8. The monoisotopic (exact) mass is 1200 g/mol. The summed E-state index contributed by atoms with van der Waals surface area (Å²) in [4.78, 5) is 21.7. The number of carbonyl (C=O) groups excluding carboxylic acids is 1. The number of aromatic nitrogens is 2. The molecule has 4 saturated carbocycles. The summed E-state index contributed by atoms with van der Waals surface area (Å²) in [5.41, 5.74) is 16.3. The SMILES string of the molecule is CC(C)[PH+](Cc1cccc(-c2cccc(C[PH+](C(C)C)C(C)C)n2)n1)C(C)C.CC1([O-])C2CC3CC(C2)CC1C3.NCc1ccccc1.O=C(NCc1ccccc1)c1ccccc1.OCc1ccccc1.[Cl][Ru][Cl].[Na+]. The van der Waals surface area contributed by atoms with Crippen LogP contribution in [0.25, 0.3) is 11.4 Å². The molecule has 4 bridgehead atoms. The van der Waals surface area contributed by atoms with Gasteiger partial charge in [0.15, 0.2) is 0 Å². The Balaban J connectivity index is 0.000000267. The van der Waals surface area contributed by atoms with Crippen molar-refractivity contribution in [3.63, 3.8) is 0 Å². The molecule has 0 saturated heterocycles. The first kappa shape index (κ1) is 67.9. The number of hydrogen-bond donors (Lipinski definition) is 3. The third kappa shape index (κ3) is 23.7. The number of nitrogens with zero attached hydrogens (tertiary/aromatic N) is 2. The number of hydrogen-bond acceptors (Lipinski definition) is 6. The predicted octanol–water partition coefficient (Wildman–Crippen LogP) is 12.1. The Kier molecular flexibility index (Phi) is 32.8. The number of pyridine rings is 2. The first-order chi connectivity index (χ1) is 36.0. The van der Waals surface area contributed by atoms with E-state index in [4.69, 9.17) is 40.2 Å². The number of carbonyl (C=O) groups is 1. The minimum absolute atomic E-state index is 0. The molecule has 1 amide bonds. The molecule has 4 aliphatic carbocycles. The van der Waals surface area contributed by atoms with Crippen molar-refractivity contribution in [1.29, 1.82) is 0 Å². The van der Waals surface area contributed by atoms with Gasteiger partial charge >= 0.3 is 64.1 Å². The molecule has 0 radical (unpaired) electrons.